The summed E-state index contributed by atoms with van der Waals surface area (Å²) in [6.07, 6.45) is 3.43. The van der Waals surface area contributed by atoms with Crippen LogP contribution in [-0.4, -0.2) is 35.5 Å². The van der Waals surface area contributed by atoms with Gasteiger partial charge in [0.15, 0.2) is 0 Å². The molecule has 1 fully saturated rings. The predicted octanol–water partition coefficient (Wildman–Crippen LogP) is 0.984. The molecule has 0 aromatic carbocycles. The van der Waals surface area contributed by atoms with E-state index in [2.05, 4.69) is 4.98 Å². The van der Waals surface area contributed by atoms with Gasteiger partial charge in [-0.15, -0.1) is 0 Å². The second-order valence-electron chi connectivity index (χ2n) is 3.87. The van der Waals surface area contributed by atoms with Gasteiger partial charge in [0.05, 0.1) is 19.9 Å². The normalized spacial score (nSPS) is 20.5. The number of hydrogen-bond acceptors (Lipinski definition) is 5. The maximum atomic E-state index is 11.3. The Morgan fingerprint density at radius 1 is 1.75 bits per heavy atom. The monoisotopic (exact) mass is 224 g/mol. The van der Waals surface area contributed by atoms with Gasteiger partial charge in [-0.3, -0.25) is 9.69 Å². The van der Waals surface area contributed by atoms with Crippen LogP contribution >= 0.6 is 0 Å². The summed E-state index contributed by atoms with van der Waals surface area (Å²) in [5, 5.41) is 0. The number of ether oxygens (including phenoxy) is 1. The summed E-state index contributed by atoms with van der Waals surface area (Å²) in [6, 6.07) is -0.123. The van der Waals surface area contributed by atoms with E-state index in [-0.39, 0.29) is 12.0 Å². The molecule has 2 heterocycles. The van der Waals surface area contributed by atoms with Crippen molar-refractivity contribution < 1.29 is 13.9 Å². The zero-order valence-electron chi connectivity index (χ0n) is 9.60. The van der Waals surface area contributed by atoms with E-state index < -0.39 is 0 Å². The van der Waals surface area contributed by atoms with E-state index >= 15 is 0 Å². The maximum absolute atomic E-state index is 11.3. The number of aryl methyl sites for hydroxylation is 1. The number of esters is 1. The van der Waals surface area contributed by atoms with Crippen LogP contribution in [0, 0.1) is 0 Å². The summed E-state index contributed by atoms with van der Waals surface area (Å²) in [6.45, 7) is 3.49. The van der Waals surface area contributed by atoms with Crippen LogP contribution in [0.2, 0.25) is 0 Å². The third-order valence-electron chi connectivity index (χ3n) is 2.89. The number of nitrogens with zero attached hydrogens (tertiary/aromatic N) is 2. The van der Waals surface area contributed by atoms with Crippen molar-refractivity contribution in [1.29, 1.82) is 0 Å². The molecule has 0 radical (unpaired) electrons. The average Bonchev–Trinajstić information content (AvgIpc) is 2.72. The van der Waals surface area contributed by atoms with Gasteiger partial charge in [0.2, 0.25) is 5.89 Å². The van der Waals surface area contributed by atoms with Gasteiger partial charge in [0.1, 0.15) is 11.8 Å². The van der Waals surface area contributed by atoms with Crippen molar-refractivity contribution in [1.82, 2.24) is 9.88 Å². The lowest BCUT2D eigenvalue weighted by molar-refractivity contribution is -0.152. The molecule has 0 saturated carbocycles. The number of methoxy groups -OCH3 is 1. The lowest BCUT2D eigenvalue weighted by Gasteiger charge is -2.37. The van der Waals surface area contributed by atoms with E-state index in [1.54, 1.807) is 6.20 Å². The molecular weight excluding hydrogens is 208 g/mol. The van der Waals surface area contributed by atoms with Crippen LogP contribution < -0.4 is 0 Å². The van der Waals surface area contributed by atoms with E-state index in [0.717, 1.165) is 25.1 Å². The fraction of sp³-hybridized carbons (Fsp3) is 0.636. The highest BCUT2D eigenvalue weighted by molar-refractivity contribution is 5.76. The molecule has 1 saturated heterocycles. The van der Waals surface area contributed by atoms with Crippen LogP contribution in [0.25, 0.3) is 0 Å². The number of carbonyl (C=O) groups is 1. The quantitative estimate of drug-likeness (QED) is 0.714. The van der Waals surface area contributed by atoms with Gasteiger partial charge in [-0.1, -0.05) is 6.92 Å². The molecule has 0 N–H and O–H groups in total. The Balaban J connectivity index is 1.92. The Labute approximate surface area is 94.4 Å². The molecule has 1 atom stereocenters. The fourth-order valence-corrected chi connectivity index (χ4v) is 1.79. The molecule has 0 bridgehead atoms. The molecule has 88 valence electrons. The zero-order chi connectivity index (χ0) is 11.5. The van der Waals surface area contributed by atoms with Crippen molar-refractivity contribution >= 4 is 5.97 Å². The summed E-state index contributed by atoms with van der Waals surface area (Å²) in [5.41, 5.74) is 0. The lowest BCUT2D eigenvalue weighted by atomic mass is 10.0. The standard InChI is InChI=1S/C11H16N2O3/c1-3-8-6-12-10(16-8)7-13-5-4-9(13)11(14)15-2/h6,9H,3-5,7H2,1-2H3. The lowest BCUT2D eigenvalue weighted by Crippen LogP contribution is -2.52. The molecule has 1 aliphatic rings. The van der Waals surface area contributed by atoms with Gasteiger partial charge < -0.3 is 9.15 Å². The fourth-order valence-electron chi connectivity index (χ4n) is 1.79. The van der Waals surface area contributed by atoms with Crippen molar-refractivity contribution in [3.63, 3.8) is 0 Å². The Morgan fingerprint density at radius 3 is 3.06 bits per heavy atom. The van der Waals surface area contributed by atoms with Crippen molar-refractivity contribution in [2.45, 2.75) is 32.4 Å². The minimum atomic E-state index is -0.173. The molecule has 0 aliphatic carbocycles. The topological polar surface area (TPSA) is 55.6 Å². The van der Waals surface area contributed by atoms with E-state index in [1.165, 1.54) is 7.11 Å². The molecule has 1 aromatic rings. The summed E-state index contributed by atoms with van der Waals surface area (Å²) < 4.78 is 10.2. The largest absolute Gasteiger partial charge is 0.468 e. The summed E-state index contributed by atoms with van der Waals surface area (Å²) >= 11 is 0. The molecule has 2 rings (SSSR count). The van der Waals surface area contributed by atoms with Crippen LogP contribution in [0.1, 0.15) is 25.0 Å². The van der Waals surface area contributed by atoms with Crippen LogP contribution in [0.5, 0.6) is 0 Å². The highest BCUT2D eigenvalue weighted by Gasteiger charge is 2.35. The summed E-state index contributed by atoms with van der Waals surface area (Å²) in [4.78, 5) is 17.5. The minimum absolute atomic E-state index is 0.123. The van der Waals surface area contributed by atoms with Crippen LogP contribution in [0.4, 0.5) is 0 Å². The van der Waals surface area contributed by atoms with Gasteiger partial charge in [-0.25, -0.2) is 4.98 Å². The first-order chi connectivity index (χ1) is 7.74. The molecule has 5 heteroatoms. The second-order valence-corrected chi connectivity index (χ2v) is 3.87. The molecule has 5 nitrogen and oxygen atoms in total. The zero-order valence-corrected chi connectivity index (χ0v) is 9.60. The number of aromatic nitrogens is 1. The Bertz CT molecular complexity index is 375. The maximum Gasteiger partial charge on any atom is 0.323 e. The van der Waals surface area contributed by atoms with Crippen molar-refractivity contribution in [3.05, 3.63) is 17.8 Å². The van der Waals surface area contributed by atoms with E-state index in [4.69, 9.17) is 9.15 Å². The van der Waals surface area contributed by atoms with Crippen LogP contribution in [0.15, 0.2) is 10.6 Å². The molecule has 0 amide bonds. The highest BCUT2D eigenvalue weighted by Crippen LogP contribution is 2.21. The number of likely N-dealkylation sites (tertiary alicyclic amines) is 1. The predicted molar refractivity (Wildman–Crippen MR) is 56.7 cm³/mol. The first-order valence-corrected chi connectivity index (χ1v) is 5.50. The molecule has 1 unspecified atom stereocenters. The van der Waals surface area contributed by atoms with Gasteiger partial charge >= 0.3 is 5.97 Å². The van der Waals surface area contributed by atoms with Crippen molar-refractivity contribution in [2.24, 2.45) is 0 Å². The Hall–Kier alpha value is -1.36. The first-order valence-electron chi connectivity index (χ1n) is 5.50. The smallest absolute Gasteiger partial charge is 0.323 e. The van der Waals surface area contributed by atoms with E-state index in [9.17, 15) is 4.79 Å². The number of hydrogen-bond donors (Lipinski definition) is 0. The molecule has 16 heavy (non-hydrogen) atoms. The van der Waals surface area contributed by atoms with E-state index in [0.29, 0.717) is 12.4 Å². The number of oxazole rings is 1. The highest BCUT2D eigenvalue weighted by atomic mass is 16.5. The minimum Gasteiger partial charge on any atom is -0.468 e. The van der Waals surface area contributed by atoms with Gasteiger partial charge in [0.25, 0.3) is 0 Å². The summed E-state index contributed by atoms with van der Waals surface area (Å²) in [7, 11) is 1.42. The number of rotatable bonds is 4. The van der Waals surface area contributed by atoms with Gasteiger partial charge in [-0.2, -0.15) is 0 Å². The van der Waals surface area contributed by atoms with Crippen LogP contribution in [0.3, 0.4) is 0 Å². The average molecular weight is 224 g/mol. The molecular formula is C11H16N2O3. The molecule has 1 aromatic heterocycles. The van der Waals surface area contributed by atoms with Crippen LogP contribution in [-0.2, 0) is 22.5 Å². The van der Waals surface area contributed by atoms with Gasteiger partial charge in [-0.05, 0) is 6.42 Å². The second kappa shape index (κ2) is 4.65. The molecule has 1 aliphatic heterocycles. The Morgan fingerprint density at radius 2 is 2.56 bits per heavy atom. The Kier molecular flexibility index (Phi) is 3.24. The number of carbonyl (C=O) groups excluding carboxylic acids is 1. The van der Waals surface area contributed by atoms with E-state index in [1.807, 2.05) is 11.8 Å². The summed E-state index contributed by atoms with van der Waals surface area (Å²) in [5.74, 6) is 1.38. The SMILES string of the molecule is CCc1cnc(CN2CCC2C(=O)OC)o1. The van der Waals surface area contributed by atoms with Crippen molar-refractivity contribution in [3.8, 4) is 0 Å². The van der Waals surface area contributed by atoms with Crippen molar-refractivity contribution in [2.75, 3.05) is 13.7 Å². The van der Waals surface area contributed by atoms with Gasteiger partial charge in [0, 0.05) is 13.0 Å². The molecule has 0 spiro atoms. The first kappa shape index (κ1) is 11.1. The third kappa shape index (κ3) is 2.09. The third-order valence-corrected chi connectivity index (χ3v) is 2.89.